The fourth-order valence-corrected chi connectivity index (χ4v) is 1.91. The molecule has 0 saturated carbocycles. The van der Waals surface area contributed by atoms with Crippen LogP contribution in [-0.2, 0) is 24.2 Å². The summed E-state index contributed by atoms with van der Waals surface area (Å²) in [6.07, 6.45) is -1.38. The zero-order valence-electron chi connectivity index (χ0n) is 8.96. The number of hydrogen-bond acceptors (Lipinski definition) is 2. The van der Waals surface area contributed by atoms with Crippen LogP contribution in [0, 0.1) is 0 Å². The van der Waals surface area contributed by atoms with Crippen LogP contribution >= 0.6 is 0 Å². The fraction of sp³-hybridized carbons (Fsp3) is 0.500. The van der Waals surface area contributed by atoms with E-state index in [4.69, 9.17) is 10.5 Å². The molecule has 1 heterocycles. The molecule has 88 valence electrons. The van der Waals surface area contributed by atoms with Crippen molar-refractivity contribution in [1.29, 1.82) is 0 Å². The highest BCUT2D eigenvalue weighted by atomic mass is 19.3. The van der Waals surface area contributed by atoms with E-state index in [2.05, 4.69) is 0 Å². The Bertz CT molecular complexity index is 368. The SMILES string of the molecule is NC(Cc1ccc2c(c1)CCOC2)C(F)F. The van der Waals surface area contributed by atoms with Gasteiger partial charge in [0.05, 0.1) is 19.3 Å². The van der Waals surface area contributed by atoms with E-state index in [-0.39, 0.29) is 6.42 Å². The predicted molar refractivity (Wildman–Crippen MR) is 57.5 cm³/mol. The molecule has 2 nitrogen and oxygen atoms in total. The van der Waals surface area contributed by atoms with E-state index in [0.717, 1.165) is 17.5 Å². The Labute approximate surface area is 93.4 Å². The van der Waals surface area contributed by atoms with Gasteiger partial charge in [-0.3, -0.25) is 0 Å². The van der Waals surface area contributed by atoms with Gasteiger partial charge < -0.3 is 10.5 Å². The number of alkyl halides is 2. The van der Waals surface area contributed by atoms with Crippen LogP contribution in [0.3, 0.4) is 0 Å². The molecule has 0 radical (unpaired) electrons. The molecule has 2 rings (SSSR count). The summed E-state index contributed by atoms with van der Waals surface area (Å²) in [5, 5.41) is 0. The van der Waals surface area contributed by atoms with Crippen molar-refractivity contribution in [3.63, 3.8) is 0 Å². The summed E-state index contributed by atoms with van der Waals surface area (Å²) in [4.78, 5) is 0. The lowest BCUT2D eigenvalue weighted by molar-refractivity contribution is 0.110. The lowest BCUT2D eigenvalue weighted by Gasteiger charge is -2.18. The van der Waals surface area contributed by atoms with E-state index in [0.29, 0.717) is 13.2 Å². The smallest absolute Gasteiger partial charge is 0.253 e. The van der Waals surface area contributed by atoms with Crippen LogP contribution in [0.15, 0.2) is 18.2 Å². The molecule has 1 aliphatic heterocycles. The van der Waals surface area contributed by atoms with Gasteiger partial charge in [-0.05, 0) is 29.5 Å². The van der Waals surface area contributed by atoms with Crippen LogP contribution in [-0.4, -0.2) is 19.1 Å². The summed E-state index contributed by atoms with van der Waals surface area (Å²) < 4.78 is 29.9. The van der Waals surface area contributed by atoms with Gasteiger partial charge in [-0.1, -0.05) is 18.2 Å². The highest BCUT2D eigenvalue weighted by Gasteiger charge is 2.17. The first-order valence-electron chi connectivity index (χ1n) is 5.39. The lowest BCUT2D eigenvalue weighted by Crippen LogP contribution is -2.31. The second-order valence-corrected chi connectivity index (χ2v) is 4.11. The lowest BCUT2D eigenvalue weighted by atomic mass is 9.97. The molecule has 0 bridgehead atoms. The average molecular weight is 227 g/mol. The Balaban J connectivity index is 2.11. The number of fused-ring (bicyclic) bond motifs is 1. The molecular weight excluding hydrogens is 212 g/mol. The van der Waals surface area contributed by atoms with Crippen LogP contribution in [0.25, 0.3) is 0 Å². The topological polar surface area (TPSA) is 35.2 Å². The quantitative estimate of drug-likeness (QED) is 0.855. The Kier molecular flexibility index (Phi) is 3.51. The van der Waals surface area contributed by atoms with Gasteiger partial charge in [0.25, 0.3) is 6.43 Å². The number of nitrogens with two attached hydrogens (primary N) is 1. The van der Waals surface area contributed by atoms with E-state index in [1.807, 2.05) is 18.2 Å². The number of rotatable bonds is 3. The molecule has 1 aromatic carbocycles. The third-order valence-corrected chi connectivity index (χ3v) is 2.84. The summed E-state index contributed by atoms with van der Waals surface area (Å²) in [7, 11) is 0. The summed E-state index contributed by atoms with van der Waals surface area (Å²) >= 11 is 0. The molecule has 1 aromatic rings. The summed E-state index contributed by atoms with van der Waals surface area (Å²) in [6.45, 7) is 1.33. The molecule has 0 aromatic heterocycles. The molecule has 2 N–H and O–H groups in total. The highest BCUT2D eigenvalue weighted by Crippen LogP contribution is 2.19. The molecule has 1 unspecified atom stereocenters. The first kappa shape index (κ1) is 11.5. The summed E-state index contributed by atoms with van der Waals surface area (Å²) in [5.41, 5.74) is 8.59. The molecular formula is C12H15F2NO. The second-order valence-electron chi connectivity index (χ2n) is 4.11. The normalized spacial score (nSPS) is 17.2. The van der Waals surface area contributed by atoms with E-state index < -0.39 is 12.5 Å². The largest absolute Gasteiger partial charge is 0.376 e. The minimum atomic E-state index is -2.46. The van der Waals surface area contributed by atoms with Crippen molar-refractivity contribution in [3.8, 4) is 0 Å². The highest BCUT2D eigenvalue weighted by molar-refractivity contribution is 5.33. The van der Waals surface area contributed by atoms with Crippen LogP contribution in [0.5, 0.6) is 0 Å². The molecule has 16 heavy (non-hydrogen) atoms. The van der Waals surface area contributed by atoms with E-state index in [1.165, 1.54) is 5.56 Å². The van der Waals surface area contributed by atoms with Gasteiger partial charge in [-0.25, -0.2) is 8.78 Å². The van der Waals surface area contributed by atoms with Crippen molar-refractivity contribution >= 4 is 0 Å². The minimum Gasteiger partial charge on any atom is -0.376 e. The van der Waals surface area contributed by atoms with Gasteiger partial charge in [0.1, 0.15) is 0 Å². The van der Waals surface area contributed by atoms with Crippen LogP contribution < -0.4 is 5.73 Å². The van der Waals surface area contributed by atoms with Gasteiger partial charge in [0, 0.05) is 0 Å². The molecule has 1 atom stereocenters. The van der Waals surface area contributed by atoms with Crippen molar-refractivity contribution in [3.05, 3.63) is 34.9 Å². The number of hydrogen-bond donors (Lipinski definition) is 1. The van der Waals surface area contributed by atoms with Crippen LogP contribution in [0.1, 0.15) is 16.7 Å². The summed E-state index contributed by atoms with van der Waals surface area (Å²) in [5.74, 6) is 0. The molecule has 1 aliphatic rings. The molecule has 0 saturated heterocycles. The fourth-order valence-electron chi connectivity index (χ4n) is 1.91. The van der Waals surface area contributed by atoms with Crippen LogP contribution in [0.4, 0.5) is 8.78 Å². The zero-order valence-corrected chi connectivity index (χ0v) is 8.96. The molecule has 0 spiro atoms. The molecule has 0 aliphatic carbocycles. The van der Waals surface area contributed by atoms with E-state index in [9.17, 15) is 8.78 Å². The second kappa shape index (κ2) is 4.89. The van der Waals surface area contributed by atoms with Crippen molar-refractivity contribution in [1.82, 2.24) is 0 Å². The van der Waals surface area contributed by atoms with E-state index >= 15 is 0 Å². The number of benzene rings is 1. The average Bonchev–Trinajstić information content (AvgIpc) is 2.28. The van der Waals surface area contributed by atoms with Gasteiger partial charge in [-0.2, -0.15) is 0 Å². The Hall–Kier alpha value is -1.00. The third-order valence-electron chi connectivity index (χ3n) is 2.84. The Morgan fingerprint density at radius 1 is 1.31 bits per heavy atom. The molecule has 4 heteroatoms. The first-order valence-corrected chi connectivity index (χ1v) is 5.39. The molecule has 0 amide bonds. The van der Waals surface area contributed by atoms with Gasteiger partial charge in [0.15, 0.2) is 0 Å². The van der Waals surface area contributed by atoms with Crippen molar-refractivity contribution in [2.24, 2.45) is 5.73 Å². The maximum atomic E-state index is 12.3. The Morgan fingerprint density at radius 2 is 2.12 bits per heavy atom. The third kappa shape index (κ3) is 2.57. The summed E-state index contributed by atoms with van der Waals surface area (Å²) in [6, 6.07) is 4.70. The van der Waals surface area contributed by atoms with Crippen molar-refractivity contribution in [2.75, 3.05) is 6.61 Å². The van der Waals surface area contributed by atoms with Crippen molar-refractivity contribution in [2.45, 2.75) is 31.9 Å². The van der Waals surface area contributed by atoms with E-state index in [1.54, 1.807) is 0 Å². The maximum absolute atomic E-state index is 12.3. The van der Waals surface area contributed by atoms with Crippen molar-refractivity contribution < 1.29 is 13.5 Å². The monoisotopic (exact) mass is 227 g/mol. The van der Waals surface area contributed by atoms with Gasteiger partial charge in [-0.15, -0.1) is 0 Å². The zero-order chi connectivity index (χ0) is 11.5. The van der Waals surface area contributed by atoms with Gasteiger partial charge >= 0.3 is 0 Å². The maximum Gasteiger partial charge on any atom is 0.253 e. The Morgan fingerprint density at radius 3 is 2.88 bits per heavy atom. The standard InChI is InChI=1S/C12H15F2NO/c13-12(14)11(15)6-8-1-2-10-7-16-4-3-9(10)5-8/h1-2,5,11-12H,3-4,6-7,15H2. The first-order chi connectivity index (χ1) is 7.66. The minimum absolute atomic E-state index is 0.228. The van der Waals surface area contributed by atoms with Crippen LogP contribution in [0.2, 0.25) is 0 Å². The number of halogens is 2. The number of ether oxygens (including phenoxy) is 1. The van der Waals surface area contributed by atoms with Gasteiger partial charge in [0.2, 0.25) is 0 Å². The molecule has 0 fully saturated rings. The predicted octanol–water partition coefficient (Wildman–Crippen LogP) is 1.89.